The van der Waals surface area contributed by atoms with Crippen LogP contribution >= 0.6 is 23.1 Å². The normalized spacial score (nSPS) is 11.3. The van der Waals surface area contributed by atoms with Crippen LogP contribution in [0.15, 0.2) is 65.8 Å². The summed E-state index contributed by atoms with van der Waals surface area (Å²) in [5, 5.41) is 1.17. The van der Waals surface area contributed by atoms with E-state index in [-0.39, 0.29) is 5.91 Å². The van der Waals surface area contributed by atoms with Crippen molar-refractivity contribution in [2.45, 2.75) is 44.4 Å². The topological polar surface area (TPSA) is 46.1 Å². The number of pyridine rings is 1. The number of thiazole rings is 1. The van der Waals surface area contributed by atoms with E-state index in [1.165, 1.54) is 5.56 Å². The molecule has 158 valence electrons. The molecule has 0 spiro atoms. The second-order valence-electron chi connectivity index (χ2n) is 7.81. The Morgan fingerprint density at radius 2 is 1.81 bits per heavy atom. The van der Waals surface area contributed by atoms with Crippen molar-refractivity contribution in [3.63, 3.8) is 0 Å². The van der Waals surface area contributed by atoms with E-state index in [2.05, 4.69) is 50.9 Å². The van der Waals surface area contributed by atoms with Gasteiger partial charge in [-0.2, -0.15) is 0 Å². The van der Waals surface area contributed by atoms with Gasteiger partial charge in [0.1, 0.15) is 0 Å². The number of carbonyl (C=O) groups is 1. The summed E-state index contributed by atoms with van der Waals surface area (Å²) < 4.78 is 1.13. The Labute approximate surface area is 191 Å². The minimum absolute atomic E-state index is 0.0441. The number of rotatable bonds is 6. The van der Waals surface area contributed by atoms with Crippen LogP contribution in [0.3, 0.4) is 0 Å². The zero-order valence-electron chi connectivity index (χ0n) is 18.1. The van der Waals surface area contributed by atoms with Gasteiger partial charge in [-0.1, -0.05) is 43.4 Å². The van der Waals surface area contributed by atoms with E-state index in [0.29, 0.717) is 17.4 Å². The molecule has 0 atom stereocenters. The van der Waals surface area contributed by atoms with E-state index < -0.39 is 0 Å². The van der Waals surface area contributed by atoms with E-state index >= 15 is 0 Å². The Morgan fingerprint density at radius 1 is 1.06 bits per heavy atom. The summed E-state index contributed by atoms with van der Waals surface area (Å²) in [6, 6.07) is 16.0. The molecular weight excluding hydrogens is 422 g/mol. The molecule has 4 nitrogen and oxygen atoms in total. The fourth-order valence-electron chi connectivity index (χ4n) is 3.39. The molecule has 0 bridgehead atoms. The fraction of sp³-hybridized carbons (Fsp3) is 0.240. The number of nitrogens with zero attached hydrogens (tertiary/aromatic N) is 3. The van der Waals surface area contributed by atoms with Crippen molar-refractivity contribution in [2.75, 3.05) is 4.90 Å². The van der Waals surface area contributed by atoms with Crippen molar-refractivity contribution >= 4 is 44.4 Å². The van der Waals surface area contributed by atoms with Crippen molar-refractivity contribution in [1.29, 1.82) is 0 Å². The maximum atomic E-state index is 13.7. The van der Waals surface area contributed by atoms with Crippen LogP contribution in [0.5, 0.6) is 0 Å². The van der Waals surface area contributed by atoms with E-state index in [9.17, 15) is 4.79 Å². The fourth-order valence-corrected chi connectivity index (χ4v) is 5.40. The summed E-state index contributed by atoms with van der Waals surface area (Å²) in [7, 11) is 0. The molecule has 31 heavy (non-hydrogen) atoms. The lowest BCUT2D eigenvalue weighted by Crippen LogP contribution is -2.30. The number of benzene rings is 2. The first-order valence-electron chi connectivity index (χ1n) is 10.3. The third-order valence-corrected chi connectivity index (χ3v) is 7.16. The Morgan fingerprint density at radius 3 is 2.52 bits per heavy atom. The average molecular weight is 448 g/mol. The van der Waals surface area contributed by atoms with Gasteiger partial charge in [-0.05, 0) is 60.9 Å². The standard InChI is InChI=1S/C25H25N3OS2/c1-16(2)30-21-7-5-6-20(14-21)24(29)28(15-19-10-12-26-13-11-19)25-27-22-17(3)8-9-18(4)23(22)31-25/h5-14,16H,15H2,1-4H3. The summed E-state index contributed by atoms with van der Waals surface area (Å²) in [6.07, 6.45) is 3.51. The lowest BCUT2D eigenvalue weighted by atomic mass is 10.1. The molecule has 0 aliphatic heterocycles. The minimum Gasteiger partial charge on any atom is -0.279 e. The zero-order chi connectivity index (χ0) is 22.0. The van der Waals surface area contributed by atoms with Crippen LogP contribution in [0.2, 0.25) is 0 Å². The lowest BCUT2D eigenvalue weighted by molar-refractivity contribution is 0.0985. The predicted octanol–water partition coefficient (Wildman–Crippen LogP) is 6.66. The second kappa shape index (κ2) is 9.20. The first kappa shape index (κ1) is 21.5. The number of aryl methyl sites for hydroxylation is 2. The summed E-state index contributed by atoms with van der Waals surface area (Å²) >= 11 is 3.33. The number of carbonyl (C=O) groups excluding carboxylic acids is 1. The van der Waals surface area contributed by atoms with Crippen LogP contribution in [0.1, 0.15) is 40.9 Å². The molecule has 0 N–H and O–H groups in total. The lowest BCUT2D eigenvalue weighted by Gasteiger charge is -2.20. The van der Waals surface area contributed by atoms with Gasteiger partial charge in [-0.25, -0.2) is 4.98 Å². The monoisotopic (exact) mass is 447 g/mol. The summed E-state index contributed by atoms with van der Waals surface area (Å²) in [5.41, 5.74) is 4.96. The molecule has 0 aliphatic rings. The van der Waals surface area contributed by atoms with Gasteiger partial charge in [0, 0.05) is 28.1 Å². The maximum Gasteiger partial charge on any atom is 0.260 e. The Kier molecular flexibility index (Phi) is 6.39. The first-order chi connectivity index (χ1) is 14.9. The molecule has 1 amide bonds. The molecule has 0 saturated carbocycles. The summed E-state index contributed by atoms with van der Waals surface area (Å²) in [6.45, 7) is 8.90. The van der Waals surface area contributed by atoms with Gasteiger partial charge in [-0.15, -0.1) is 11.8 Å². The molecule has 4 aromatic rings. The number of hydrogen-bond acceptors (Lipinski definition) is 5. The highest BCUT2D eigenvalue weighted by molar-refractivity contribution is 7.99. The van der Waals surface area contributed by atoms with Gasteiger partial charge in [0.15, 0.2) is 5.13 Å². The highest BCUT2D eigenvalue weighted by Crippen LogP contribution is 2.34. The third-order valence-electron chi connectivity index (χ3n) is 4.95. The van der Waals surface area contributed by atoms with Gasteiger partial charge in [0.2, 0.25) is 0 Å². The van der Waals surface area contributed by atoms with Crippen molar-refractivity contribution in [1.82, 2.24) is 9.97 Å². The van der Waals surface area contributed by atoms with E-state index in [1.807, 2.05) is 30.3 Å². The molecule has 2 aromatic heterocycles. The molecule has 0 fully saturated rings. The van der Waals surface area contributed by atoms with Crippen molar-refractivity contribution in [2.24, 2.45) is 0 Å². The van der Waals surface area contributed by atoms with Gasteiger partial charge in [0.05, 0.1) is 16.8 Å². The average Bonchev–Trinajstić information content (AvgIpc) is 3.21. The number of thioether (sulfide) groups is 1. The largest absolute Gasteiger partial charge is 0.279 e. The third kappa shape index (κ3) is 4.81. The number of amides is 1. The first-order valence-corrected chi connectivity index (χ1v) is 12.0. The smallest absolute Gasteiger partial charge is 0.260 e. The van der Waals surface area contributed by atoms with Crippen molar-refractivity contribution in [3.8, 4) is 0 Å². The Balaban J connectivity index is 1.77. The predicted molar refractivity (Wildman–Crippen MR) is 131 cm³/mol. The number of aromatic nitrogens is 2. The van der Waals surface area contributed by atoms with Gasteiger partial charge in [0.25, 0.3) is 5.91 Å². The molecule has 2 heterocycles. The van der Waals surface area contributed by atoms with Crippen molar-refractivity contribution in [3.05, 3.63) is 83.2 Å². The molecule has 4 rings (SSSR count). The SMILES string of the molecule is Cc1ccc(C)c2sc(N(Cc3ccncc3)C(=O)c3cccc(SC(C)C)c3)nc12. The van der Waals surface area contributed by atoms with Crippen LogP contribution in [-0.4, -0.2) is 21.1 Å². The summed E-state index contributed by atoms with van der Waals surface area (Å²) in [5.74, 6) is -0.0441. The maximum absolute atomic E-state index is 13.7. The van der Waals surface area contributed by atoms with Crippen molar-refractivity contribution < 1.29 is 4.79 Å². The van der Waals surface area contributed by atoms with E-state index in [0.717, 1.165) is 31.4 Å². The molecule has 0 saturated heterocycles. The molecule has 0 unspecified atom stereocenters. The number of fused-ring (bicyclic) bond motifs is 1. The molecule has 6 heteroatoms. The van der Waals surface area contributed by atoms with Gasteiger partial charge < -0.3 is 0 Å². The number of hydrogen-bond donors (Lipinski definition) is 0. The zero-order valence-corrected chi connectivity index (χ0v) is 19.8. The molecule has 0 radical (unpaired) electrons. The van der Waals surface area contributed by atoms with Gasteiger partial charge in [-0.3, -0.25) is 14.7 Å². The van der Waals surface area contributed by atoms with Gasteiger partial charge >= 0.3 is 0 Å². The van der Waals surface area contributed by atoms with E-state index in [1.54, 1.807) is 40.4 Å². The quantitative estimate of drug-likeness (QED) is 0.310. The molecule has 2 aromatic carbocycles. The van der Waals surface area contributed by atoms with E-state index in [4.69, 9.17) is 4.98 Å². The second-order valence-corrected chi connectivity index (χ2v) is 10.4. The van der Waals surface area contributed by atoms with Crippen LogP contribution in [0.25, 0.3) is 10.2 Å². The summed E-state index contributed by atoms with van der Waals surface area (Å²) in [4.78, 5) is 25.6. The Hall–Kier alpha value is -2.70. The highest BCUT2D eigenvalue weighted by Gasteiger charge is 2.23. The van der Waals surface area contributed by atoms with Crippen LogP contribution in [0, 0.1) is 13.8 Å². The molecular formula is C25H25N3OS2. The van der Waals surface area contributed by atoms with Crippen LogP contribution in [0.4, 0.5) is 5.13 Å². The minimum atomic E-state index is -0.0441. The molecule has 0 aliphatic carbocycles. The highest BCUT2D eigenvalue weighted by atomic mass is 32.2. The van der Waals surface area contributed by atoms with Crippen LogP contribution < -0.4 is 4.90 Å². The Bertz CT molecular complexity index is 1180. The van der Waals surface area contributed by atoms with Crippen LogP contribution in [-0.2, 0) is 6.54 Å². The number of anilines is 1.